The molecule has 0 N–H and O–H groups in total. The zero-order valence-corrected chi connectivity index (χ0v) is 10.3. The molecule has 0 aromatic rings. The minimum Gasteiger partial charge on any atom is -0.303 e. The summed E-state index contributed by atoms with van der Waals surface area (Å²) in [5, 5.41) is 0. The van der Waals surface area contributed by atoms with Crippen LogP contribution in [0.1, 0.15) is 33.1 Å². The third kappa shape index (κ3) is 1.88. The van der Waals surface area contributed by atoms with E-state index in [2.05, 4.69) is 13.8 Å². The van der Waals surface area contributed by atoms with E-state index in [0.29, 0.717) is 12.0 Å². The van der Waals surface area contributed by atoms with Crippen molar-refractivity contribution in [1.82, 2.24) is 0 Å². The average molecular weight is 234 g/mol. The van der Waals surface area contributed by atoms with Crippen LogP contribution >= 0.6 is 0 Å². The summed E-state index contributed by atoms with van der Waals surface area (Å²) in [6.45, 7) is 4.30. The van der Waals surface area contributed by atoms with Crippen molar-refractivity contribution in [1.29, 1.82) is 0 Å². The number of allylic oxidation sites excluding steroid dienone is 2. The van der Waals surface area contributed by atoms with Crippen molar-refractivity contribution >= 4 is 18.4 Å². The number of rotatable bonds is 2. The van der Waals surface area contributed by atoms with Gasteiger partial charge in [0.05, 0.1) is 5.92 Å². The third-order valence-electron chi connectivity index (χ3n) is 4.49. The highest BCUT2D eigenvalue weighted by atomic mass is 16.1. The van der Waals surface area contributed by atoms with Crippen molar-refractivity contribution in [2.75, 3.05) is 0 Å². The molecule has 0 heterocycles. The predicted octanol–water partition coefficient (Wildman–Crippen LogP) is 1.95. The first-order valence-electron chi connectivity index (χ1n) is 6.14. The van der Waals surface area contributed by atoms with Gasteiger partial charge in [-0.25, -0.2) is 0 Å². The second kappa shape index (κ2) is 4.21. The lowest BCUT2D eigenvalue weighted by molar-refractivity contribution is -0.136. The van der Waals surface area contributed by atoms with Crippen molar-refractivity contribution in [3.63, 3.8) is 0 Å². The molecule has 0 saturated heterocycles. The molecule has 1 fully saturated rings. The molecule has 3 nitrogen and oxygen atoms in total. The van der Waals surface area contributed by atoms with E-state index in [1.54, 1.807) is 0 Å². The van der Waals surface area contributed by atoms with Crippen LogP contribution in [0.2, 0.25) is 0 Å². The predicted molar refractivity (Wildman–Crippen MR) is 63.3 cm³/mol. The van der Waals surface area contributed by atoms with Crippen LogP contribution in [0.4, 0.5) is 0 Å². The molecule has 2 aliphatic rings. The number of carbonyl (C=O) groups excluding carboxylic acids is 3. The molecule has 3 heteroatoms. The molecule has 0 spiro atoms. The van der Waals surface area contributed by atoms with Gasteiger partial charge in [0.15, 0.2) is 0 Å². The Hall–Kier alpha value is -1.25. The van der Waals surface area contributed by atoms with E-state index in [1.165, 1.54) is 0 Å². The van der Waals surface area contributed by atoms with Gasteiger partial charge in [-0.15, -0.1) is 0 Å². The molecule has 0 bridgehead atoms. The first-order valence-corrected chi connectivity index (χ1v) is 6.14. The van der Waals surface area contributed by atoms with E-state index < -0.39 is 5.92 Å². The van der Waals surface area contributed by atoms with Crippen LogP contribution in [0.5, 0.6) is 0 Å². The van der Waals surface area contributed by atoms with Crippen molar-refractivity contribution in [2.45, 2.75) is 33.1 Å². The van der Waals surface area contributed by atoms with Gasteiger partial charge < -0.3 is 4.79 Å². The molecular formula is C14H18O3. The van der Waals surface area contributed by atoms with E-state index in [0.717, 1.165) is 25.4 Å². The second-order valence-electron chi connectivity index (χ2n) is 5.81. The van der Waals surface area contributed by atoms with Crippen LogP contribution in [0, 0.1) is 23.2 Å². The van der Waals surface area contributed by atoms with Crippen LogP contribution in [-0.4, -0.2) is 18.4 Å². The standard InChI is InChI=1S/C14H18O3/c1-14(2)6-5-12(17)13-10(8-16)9(7-15)3-4-11(13)14/h3,7-8,10-11,13H,4-6H2,1-2H3/t10-,11-,13+/m1/s1. The van der Waals surface area contributed by atoms with E-state index in [4.69, 9.17) is 0 Å². The maximum Gasteiger partial charge on any atom is 0.146 e. The summed E-state index contributed by atoms with van der Waals surface area (Å²) in [5.41, 5.74) is 0.567. The highest BCUT2D eigenvalue weighted by Crippen LogP contribution is 2.50. The van der Waals surface area contributed by atoms with Gasteiger partial charge in [-0.1, -0.05) is 19.9 Å². The first kappa shape index (κ1) is 12.2. The molecule has 1 saturated carbocycles. The Labute approximate surface area is 101 Å². The molecule has 17 heavy (non-hydrogen) atoms. The first-order chi connectivity index (χ1) is 8.01. The number of hydrogen-bond donors (Lipinski definition) is 0. The Morgan fingerprint density at radius 1 is 1.35 bits per heavy atom. The van der Waals surface area contributed by atoms with Crippen molar-refractivity contribution < 1.29 is 14.4 Å². The fraction of sp³-hybridized carbons (Fsp3) is 0.643. The molecule has 0 aromatic carbocycles. The Kier molecular flexibility index (Phi) is 3.02. The van der Waals surface area contributed by atoms with Crippen LogP contribution in [0.15, 0.2) is 11.6 Å². The summed E-state index contributed by atoms with van der Waals surface area (Å²) in [7, 11) is 0. The third-order valence-corrected chi connectivity index (χ3v) is 4.49. The maximum absolute atomic E-state index is 12.0. The van der Waals surface area contributed by atoms with Crippen molar-refractivity contribution in [2.24, 2.45) is 23.2 Å². The summed E-state index contributed by atoms with van der Waals surface area (Å²) in [4.78, 5) is 34.2. The van der Waals surface area contributed by atoms with E-state index in [-0.39, 0.29) is 23.0 Å². The minimum atomic E-state index is -0.515. The lowest BCUT2D eigenvalue weighted by Crippen LogP contribution is -2.46. The molecule has 2 rings (SSSR count). The van der Waals surface area contributed by atoms with E-state index >= 15 is 0 Å². The van der Waals surface area contributed by atoms with Crippen LogP contribution < -0.4 is 0 Å². The molecule has 0 radical (unpaired) electrons. The van der Waals surface area contributed by atoms with E-state index in [9.17, 15) is 14.4 Å². The number of hydrogen-bond acceptors (Lipinski definition) is 3. The Morgan fingerprint density at radius 2 is 2.06 bits per heavy atom. The Morgan fingerprint density at radius 3 is 2.65 bits per heavy atom. The summed E-state index contributed by atoms with van der Waals surface area (Å²) in [6, 6.07) is 0. The monoisotopic (exact) mass is 234 g/mol. The molecule has 0 aromatic heterocycles. The van der Waals surface area contributed by atoms with Gasteiger partial charge in [0.25, 0.3) is 0 Å². The zero-order valence-electron chi connectivity index (χ0n) is 10.3. The van der Waals surface area contributed by atoms with Gasteiger partial charge in [-0.2, -0.15) is 0 Å². The van der Waals surface area contributed by atoms with Crippen LogP contribution in [0.25, 0.3) is 0 Å². The number of fused-ring (bicyclic) bond motifs is 1. The average Bonchev–Trinajstić information content (AvgIpc) is 2.32. The van der Waals surface area contributed by atoms with Gasteiger partial charge in [0.1, 0.15) is 18.4 Å². The quantitative estimate of drug-likeness (QED) is 0.686. The second-order valence-corrected chi connectivity index (χ2v) is 5.81. The summed E-state index contributed by atoms with van der Waals surface area (Å²) in [6.07, 6.45) is 5.49. The van der Waals surface area contributed by atoms with Gasteiger partial charge in [0, 0.05) is 12.3 Å². The lowest BCUT2D eigenvalue weighted by atomic mass is 9.56. The van der Waals surface area contributed by atoms with Gasteiger partial charge in [0.2, 0.25) is 0 Å². The summed E-state index contributed by atoms with van der Waals surface area (Å²) in [5.74, 6) is -0.443. The lowest BCUT2D eigenvalue weighted by Gasteiger charge is -2.46. The summed E-state index contributed by atoms with van der Waals surface area (Å²) < 4.78 is 0. The molecule has 3 atom stereocenters. The minimum absolute atomic E-state index is 0.0742. The smallest absolute Gasteiger partial charge is 0.146 e. The van der Waals surface area contributed by atoms with Gasteiger partial charge in [-0.3, -0.25) is 9.59 Å². The number of ketones is 1. The van der Waals surface area contributed by atoms with Crippen LogP contribution in [-0.2, 0) is 14.4 Å². The highest BCUT2D eigenvalue weighted by Gasteiger charge is 2.48. The van der Waals surface area contributed by atoms with Crippen molar-refractivity contribution in [3.8, 4) is 0 Å². The van der Waals surface area contributed by atoms with Crippen molar-refractivity contribution in [3.05, 3.63) is 11.6 Å². The van der Waals surface area contributed by atoms with Gasteiger partial charge >= 0.3 is 0 Å². The SMILES string of the molecule is CC1(C)CCC(=O)[C@H]2[C@H](C=O)C(C=O)=CC[C@H]21. The maximum atomic E-state index is 12.0. The number of carbonyl (C=O) groups is 3. The van der Waals surface area contributed by atoms with E-state index in [1.807, 2.05) is 6.08 Å². The molecule has 0 amide bonds. The largest absolute Gasteiger partial charge is 0.303 e. The number of Topliss-reactive ketones (excluding diaryl/α,β-unsaturated/α-hetero) is 1. The Bertz CT molecular complexity index is 392. The molecule has 92 valence electrons. The highest BCUT2D eigenvalue weighted by molar-refractivity contribution is 5.91. The fourth-order valence-electron chi connectivity index (χ4n) is 3.32. The number of aldehydes is 2. The molecule has 2 aliphatic carbocycles. The normalized spacial score (nSPS) is 35.8. The summed E-state index contributed by atoms with van der Waals surface area (Å²) >= 11 is 0. The zero-order chi connectivity index (χ0) is 12.6. The van der Waals surface area contributed by atoms with Gasteiger partial charge in [-0.05, 0) is 29.7 Å². The molecular weight excluding hydrogens is 216 g/mol. The Balaban J connectivity index is 2.42. The topological polar surface area (TPSA) is 51.2 Å². The van der Waals surface area contributed by atoms with Crippen LogP contribution in [0.3, 0.4) is 0 Å². The molecule has 0 aliphatic heterocycles. The fourth-order valence-corrected chi connectivity index (χ4v) is 3.32. The molecule has 0 unspecified atom stereocenters.